The van der Waals surface area contributed by atoms with Crippen molar-refractivity contribution in [2.45, 2.75) is 49.7 Å². The first-order valence-corrected chi connectivity index (χ1v) is 6.63. The van der Waals surface area contributed by atoms with E-state index in [0.29, 0.717) is 0 Å². The smallest absolute Gasteiger partial charge is 0.426 e. The Morgan fingerprint density at radius 2 is 1.48 bits per heavy atom. The van der Waals surface area contributed by atoms with Crippen LogP contribution in [0, 0.1) is 17.8 Å². The van der Waals surface area contributed by atoms with Crippen molar-refractivity contribution in [1.82, 2.24) is 0 Å². The zero-order valence-electron chi connectivity index (χ0n) is 11.3. The quantitative estimate of drug-likeness (QED) is 0.625. The van der Waals surface area contributed by atoms with Crippen molar-refractivity contribution in [3.63, 3.8) is 0 Å². The fourth-order valence-electron chi connectivity index (χ4n) is 3.66. The van der Waals surface area contributed by atoms with Crippen LogP contribution in [0.2, 0.25) is 0 Å². The molecule has 0 aliphatic heterocycles. The third-order valence-electron chi connectivity index (χ3n) is 4.64. The van der Waals surface area contributed by atoms with Gasteiger partial charge in [0, 0.05) is 5.92 Å². The van der Waals surface area contributed by atoms with E-state index in [2.05, 4.69) is 4.74 Å². The van der Waals surface area contributed by atoms with Gasteiger partial charge in [0.05, 0.1) is 0 Å². The van der Waals surface area contributed by atoms with Gasteiger partial charge in [-0.15, -0.1) is 0 Å². The third-order valence-corrected chi connectivity index (χ3v) is 4.64. The van der Waals surface area contributed by atoms with Gasteiger partial charge in [0.25, 0.3) is 5.60 Å². The fourth-order valence-corrected chi connectivity index (χ4v) is 3.66. The van der Waals surface area contributed by atoms with Crippen LogP contribution in [0.3, 0.4) is 0 Å². The van der Waals surface area contributed by atoms with Gasteiger partial charge in [-0.05, 0) is 31.1 Å². The summed E-state index contributed by atoms with van der Waals surface area (Å²) in [5.74, 6) is -6.14. The predicted molar refractivity (Wildman–Crippen MR) is 57.3 cm³/mol. The molecule has 0 amide bonds. The highest BCUT2D eigenvalue weighted by Crippen LogP contribution is 2.60. The average molecular weight is 356 g/mol. The lowest BCUT2D eigenvalue weighted by Crippen LogP contribution is -2.63. The maximum Gasteiger partial charge on any atom is 0.426 e. The molecule has 0 radical (unpaired) electrons. The van der Waals surface area contributed by atoms with Crippen LogP contribution in [0.15, 0.2) is 0 Å². The van der Waals surface area contributed by atoms with E-state index in [1.165, 1.54) is 0 Å². The first-order chi connectivity index (χ1) is 10.3. The monoisotopic (exact) mass is 356 g/mol. The summed E-state index contributed by atoms with van der Waals surface area (Å²) in [5, 5.41) is 9.38. The van der Waals surface area contributed by atoms with Gasteiger partial charge in [-0.25, -0.2) is 4.79 Å². The Morgan fingerprint density at radius 1 is 0.957 bits per heavy atom. The van der Waals surface area contributed by atoms with E-state index in [1.54, 1.807) is 0 Å². The predicted octanol–water partition coefficient (Wildman–Crippen LogP) is 3.07. The minimum atomic E-state index is -5.92. The van der Waals surface area contributed by atoms with Gasteiger partial charge in [0.2, 0.25) is 0 Å². The molecule has 11 heteroatoms. The Balaban J connectivity index is 2.16. The lowest BCUT2D eigenvalue weighted by atomic mass is 9.74. The molecule has 2 rings (SSSR count). The number of rotatable bonds is 3. The molecule has 0 aromatic carbocycles. The number of hydrogen-bond acceptors (Lipinski definition) is 3. The van der Waals surface area contributed by atoms with E-state index in [-0.39, 0.29) is 6.42 Å². The molecule has 2 saturated carbocycles. The zero-order valence-corrected chi connectivity index (χ0v) is 11.3. The van der Waals surface area contributed by atoms with Crippen LogP contribution >= 0.6 is 0 Å². The second-order valence-electron chi connectivity index (χ2n) is 5.87. The van der Waals surface area contributed by atoms with Crippen molar-refractivity contribution in [3.8, 4) is 0 Å². The first-order valence-electron chi connectivity index (χ1n) is 6.63. The molecule has 0 heterocycles. The number of hydrogen-bond donors (Lipinski definition) is 1. The highest BCUT2D eigenvalue weighted by atomic mass is 19.4. The Morgan fingerprint density at radius 3 is 1.83 bits per heavy atom. The first kappa shape index (κ1) is 18.2. The van der Waals surface area contributed by atoms with Crippen LogP contribution in [-0.4, -0.2) is 41.6 Å². The standard InChI is InChI=1S/C12H12F8O3/c13-8(14)9(21)23-7-3-4-1-5(7)2-6(4)10(22,11(15,16)17)12(18,19)20/h4-8,22H,1-3H2. The Labute approximate surface area is 124 Å². The van der Waals surface area contributed by atoms with E-state index in [9.17, 15) is 45.0 Å². The van der Waals surface area contributed by atoms with Gasteiger partial charge in [-0.2, -0.15) is 35.1 Å². The van der Waals surface area contributed by atoms with Crippen LogP contribution < -0.4 is 0 Å². The van der Waals surface area contributed by atoms with Crippen LogP contribution in [-0.2, 0) is 9.53 Å². The summed E-state index contributed by atoms with van der Waals surface area (Å²) in [6, 6.07) is 0. The third kappa shape index (κ3) is 2.87. The van der Waals surface area contributed by atoms with Gasteiger partial charge >= 0.3 is 24.7 Å². The maximum absolute atomic E-state index is 12.8. The van der Waals surface area contributed by atoms with Crippen molar-refractivity contribution in [2.75, 3.05) is 0 Å². The summed E-state index contributed by atoms with van der Waals surface area (Å²) in [4.78, 5) is 10.8. The summed E-state index contributed by atoms with van der Waals surface area (Å²) in [7, 11) is 0. The molecule has 0 aromatic heterocycles. The number of carbonyl (C=O) groups is 1. The largest absolute Gasteiger partial charge is 0.458 e. The molecule has 4 atom stereocenters. The SMILES string of the molecule is O=C(OC1CC2CC1CC2C(O)(C(F)(F)F)C(F)(F)F)C(F)F. The molecule has 2 bridgehead atoms. The number of esters is 1. The average Bonchev–Trinajstić information content (AvgIpc) is 2.94. The lowest BCUT2D eigenvalue weighted by molar-refractivity contribution is -0.389. The van der Waals surface area contributed by atoms with Gasteiger partial charge in [0.1, 0.15) is 6.10 Å². The number of alkyl halides is 8. The Bertz CT molecular complexity index is 458. The van der Waals surface area contributed by atoms with E-state index in [0.717, 1.165) is 0 Å². The molecule has 1 N–H and O–H groups in total. The van der Waals surface area contributed by atoms with Crippen LogP contribution in [0.1, 0.15) is 19.3 Å². The maximum atomic E-state index is 12.8. The number of carbonyl (C=O) groups excluding carboxylic acids is 1. The fraction of sp³-hybridized carbons (Fsp3) is 0.917. The summed E-state index contributed by atoms with van der Waals surface area (Å²) in [6.07, 6.45) is -17.7. The van der Waals surface area contributed by atoms with Gasteiger partial charge in [0.15, 0.2) is 0 Å². The molecule has 4 unspecified atom stereocenters. The molecule has 3 nitrogen and oxygen atoms in total. The number of ether oxygens (including phenoxy) is 1. The van der Waals surface area contributed by atoms with Gasteiger partial charge < -0.3 is 9.84 Å². The zero-order chi connectivity index (χ0) is 17.8. The van der Waals surface area contributed by atoms with Crippen molar-refractivity contribution in [3.05, 3.63) is 0 Å². The second-order valence-corrected chi connectivity index (χ2v) is 5.87. The van der Waals surface area contributed by atoms with Crippen molar-refractivity contribution in [2.24, 2.45) is 17.8 Å². The molecular formula is C12H12F8O3. The molecule has 0 spiro atoms. The molecule has 2 fully saturated rings. The Hall–Kier alpha value is -1.13. The van der Waals surface area contributed by atoms with Crippen LogP contribution in [0.4, 0.5) is 35.1 Å². The molecular weight excluding hydrogens is 344 g/mol. The highest BCUT2D eigenvalue weighted by molar-refractivity contribution is 5.73. The van der Waals surface area contributed by atoms with Gasteiger partial charge in [-0.3, -0.25) is 0 Å². The minimum absolute atomic E-state index is 0.152. The highest BCUT2D eigenvalue weighted by Gasteiger charge is 2.76. The molecule has 0 saturated heterocycles. The van der Waals surface area contributed by atoms with E-state index >= 15 is 0 Å². The minimum Gasteiger partial charge on any atom is -0.458 e. The topological polar surface area (TPSA) is 46.5 Å². The summed E-state index contributed by atoms with van der Waals surface area (Å²) in [5.41, 5.74) is -4.86. The van der Waals surface area contributed by atoms with Crippen LogP contribution in [0.5, 0.6) is 0 Å². The van der Waals surface area contributed by atoms with E-state index in [1.807, 2.05) is 0 Å². The van der Waals surface area contributed by atoms with E-state index in [4.69, 9.17) is 0 Å². The van der Waals surface area contributed by atoms with Crippen molar-refractivity contribution < 1.29 is 49.8 Å². The summed E-state index contributed by atoms with van der Waals surface area (Å²) in [6.45, 7) is 0. The molecule has 2 aliphatic carbocycles. The molecule has 134 valence electrons. The normalized spacial score (nSPS) is 31.7. The lowest BCUT2D eigenvalue weighted by Gasteiger charge is -2.41. The van der Waals surface area contributed by atoms with Crippen LogP contribution in [0.25, 0.3) is 0 Å². The Kier molecular flexibility index (Phi) is 4.32. The number of aliphatic hydroxyl groups is 1. The summed E-state index contributed by atoms with van der Waals surface area (Å²) < 4.78 is 106. The molecule has 2 aliphatic rings. The molecule has 0 aromatic rings. The van der Waals surface area contributed by atoms with Crippen molar-refractivity contribution in [1.29, 1.82) is 0 Å². The second kappa shape index (κ2) is 5.45. The number of fused-ring (bicyclic) bond motifs is 2. The summed E-state index contributed by atoms with van der Waals surface area (Å²) >= 11 is 0. The number of halogens is 8. The van der Waals surface area contributed by atoms with Gasteiger partial charge in [-0.1, -0.05) is 0 Å². The van der Waals surface area contributed by atoms with Crippen molar-refractivity contribution >= 4 is 5.97 Å². The molecule has 23 heavy (non-hydrogen) atoms. The van der Waals surface area contributed by atoms with E-state index < -0.39 is 67.0 Å².